The minimum atomic E-state index is -3.69. The predicted octanol–water partition coefficient (Wildman–Crippen LogP) is 2.54. The number of sulfonamides is 1. The number of fused-ring (bicyclic) bond motifs is 1. The lowest BCUT2D eigenvalue weighted by Crippen LogP contribution is -2.50. The number of aromatic nitrogens is 1. The molecule has 1 fully saturated rings. The molecule has 4 rings (SSSR count). The molecule has 30 heavy (non-hydrogen) atoms. The average molecular weight is 446 g/mol. The Hall–Kier alpha value is -2.49. The van der Waals surface area contributed by atoms with E-state index in [0.717, 1.165) is 22.4 Å². The van der Waals surface area contributed by atoms with Crippen molar-refractivity contribution in [2.24, 2.45) is 0 Å². The second kappa shape index (κ2) is 7.98. The van der Waals surface area contributed by atoms with E-state index in [0.29, 0.717) is 29.9 Å². The first-order valence-corrected chi connectivity index (χ1v) is 12.1. The summed E-state index contributed by atoms with van der Waals surface area (Å²) in [5.74, 6) is -0.0807. The standard InChI is InChI=1S/C21H23N3O4S2/c1-3-24-18-8-7-17(14-19(18)29-21(24)26)30(27,28)23-11-9-22(10-12-23)20(25)16-6-4-5-15(2)13-16/h4-8,13-14H,3,9-12H2,1-2H3. The molecule has 0 radical (unpaired) electrons. The summed E-state index contributed by atoms with van der Waals surface area (Å²) < 4.78 is 30.0. The molecule has 7 nitrogen and oxygen atoms in total. The monoisotopic (exact) mass is 445 g/mol. The van der Waals surface area contributed by atoms with Gasteiger partial charge in [-0.25, -0.2) is 8.42 Å². The number of hydrogen-bond acceptors (Lipinski definition) is 5. The van der Waals surface area contributed by atoms with Crippen molar-refractivity contribution in [1.29, 1.82) is 0 Å². The summed E-state index contributed by atoms with van der Waals surface area (Å²) in [7, 11) is -3.69. The van der Waals surface area contributed by atoms with Crippen LogP contribution in [-0.4, -0.2) is 54.3 Å². The molecule has 1 aliphatic rings. The molecule has 0 aliphatic carbocycles. The van der Waals surface area contributed by atoms with Crippen molar-refractivity contribution in [2.45, 2.75) is 25.3 Å². The van der Waals surface area contributed by atoms with Crippen molar-refractivity contribution < 1.29 is 13.2 Å². The Kier molecular flexibility index (Phi) is 5.52. The molecule has 0 saturated carbocycles. The third-order valence-electron chi connectivity index (χ3n) is 5.38. The number of rotatable bonds is 4. The Labute approximate surface area is 179 Å². The third kappa shape index (κ3) is 3.68. The van der Waals surface area contributed by atoms with Crippen LogP contribution in [0.25, 0.3) is 10.2 Å². The smallest absolute Gasteiger partial charge is 0.308 e. The Morgan fingerprint density at radius 1 is 1.07 bits per heavy atom. The topological polar surface area (TPSA) is 79.7 Å². The van der Waals surface area contributed by atoms with Gasteiger partial charge in [0.1, 0.15) is 0 Å². The van der Waals surface area contributed by atoms with Crippen LogP contribution in [0.5, 0.6) is 0 Å². The number of amides is 1. The van der Waals surface area contributed by atoms with Crippen LogP contribution < -0.4 is 4.87 Å². The first kappa shape index (κ1) is 20.8. The Balaban J connectivity index is 1.52. The van der Waals surface area contributed by atoms with Gasteiger partial charge in [-0.05, 0) is 44.2 Å². The van der Waals surface area contributed by atoms with Crippen molar-refractivity contribution in [1.82, 2.24) is 13.8 Å². The van der Waals surface area contributed by atoms with E-state index < -0.39 is 10.0 Å². The lowest BCUT2D eigenvalue weighted by Gasteiger charge is -2.34. The molecule has 1 amide bonds. The quantitative estimate of drug-likeness (QED) is 0.618. The van der Waals surface area contributed by atoms with Crippen LogP contribution in [0.15, 0.2) is 52.2 Å². The summed E-state index contributed by atoms with van der Waals surface area (Å²) >= 11 is 1.05. The minimum Gasteiger partial charge on any atom is -0.336 e. The maximum atomic E-state index is 13.1. The largest absolute Gasteiger partial charge is 0.336 e. The Morgan fingerprint density at radius 2 is 1.80 bits per heavy atom. The Bertz CT molecular complexity index is 1270. The highest BCUT2D eigenvalue weighted by atomic mass is 32.2. The van der Waals surface area contributed by atoms with Gasteiger partial charge in [-0.3, -0.25) is 14.2 Å². The minimum absolute atomic E-state index is 0.0807. The first-order valence-electron chi connectivity index (χ1n) is 9.80. The lowest BCUT2D eigenvalue weighted by molar-refractivity contribution is 0.0698. The van der Waals surface area contributed by atoms with Gasteiger partial charge in [-0.2, -0.15) is 4.31 Å². The maximum absolute atomic E-state index is 13.1. The average Bonchev–Trinajstić information content (AvgIpc) is 3.07. The molecule has 1 saturated heterocycles. The zero-order valence-electron chi connectivity index (χ0n) is 16.9. The summed E-state index contributed by atoms with van der Waals surface area (Å²) in [6, 6.07) is 12.2. The fraction of sp³-hybridized carbons (Fsp3) is 0.333. The number of carbonyl (C=O) groups excluding carboxylic acids is 1. The number of benzene rings is 2. The molecular weight excluding hydrogens is 422 g/mol. The molecule has 1 aliphatic heterocycles. The highest BCUT2D eigenvalue weighted by Crippen LogP contribution is 2.25. The number of hydrogen-bond donors (Lipinski definition) is 0. The molecule has 158 valence electrons. The normalized spacial score (nSPS) is 15.6. The van der Waals surface area contributed by atoms with Crippen molar-refractivity contribution >= 4 is 37.5 Å². The van der Waals surface area contributed by atoms with E-state index >= 15 is 0 Å². The number of piperazine rings is 1. The second-order valence-corrected chi connectivity index (χ2v) is 10.2. The fourth-order valence-electron chi connectivity index (χ4n) is 3.75. The number of thiazole rings is 1. The van der Waals surface area contributed by atoms with Gasteiger partial charge in [0.2, 0.25) is 10.0 Å². The zero-order valence-corrected chi connectivity index (χ0v) is 18.5. The van der Waals surface area contributed by atoms with Gasteiger partial charge in [-0.1, -0.05) is 29.0 Å². The number of nitrogens with zero attached hydrogens (tertiary/aromatic N) is 3. The Morgan fingerprint density at radius 3 is 2.47 bits per heavy atom. The predicted molar refractivity (Wildman–Crippen MR) is 118 cm³/mol. The van der Waals surface area contributed by atoms with Crippen LogP contribution in [0, 0.1) is 6.92 Å². The van der Waals surface area contributed by atoms with Crippen LogP contribution in [0.4, 0.5) is 0 Å². The van der Waals surface area contributed by atoms with Gasteiger partial charge in [0.15, 0.2) is 0 Å². The van der Waals surface area contributed by atoms with E-state index in [9.17, 15) is 18.0 Å². The molecule has 0 spiro atoms. The van der Waals surface area contributed by atoms with Crippen molar-refractivity contribution in [2.75, 3.05) is 26.2 Å². The van der Waals surface area contributed by atoms with Gasteiger partial charge in [0.05, 0.1) is 15.1 Å². The van der Waals surface area contributed by atoms with Gasteiger partial charge >= 0.3 is 4.87 Å². The van der Waals surface area contributed by atoms with Crippen molar-refractivity contribution in [3.63, 3.8) is 0 Å². The summed E-state index contributed by atoms with van der Waals surface area (Å²) in [5, 5.41) is 0. The van der Waals surface area contributed by atoms with E-state index in [-0.39, 0.29) is 28.8 Å². The lowest BCUT2D eigenvalue weighted by atomic mass is 10.1. The molecule has 1 aromatic heterocycles. The molecule has 0 atom stereocenters. The van der Waals surface area contributed by atoms with E-state index in [1.54, 1.807) is 33.7 Å². The van der Waals surface area contributed by atoms with Crippen LogP contribution >= 0.6 is 11.3 Å². The van der Waals surface area contributed by atoms with E-state index in [1.807, 2.05) is 32.0 Å². The van der Waals surface area contributed by atoms with Crippen LogP contribution in [0.2, 0.25) is 0 Å². The van der Waals surface area contributed by atoms with Crippen LogP contribution in [0.3, 0.4) is 0 Å². The van der Waals surface area contributed by atoms with Crippen molar-refractivity contribution in [3.8, 4) is 0 Å². The van der Waals surface area contributed by atoms with E-state index in [1.165, 1.54) is 4.31 Å². The maximum Gasteiger partial charge on any atom is 0.308 e. The molecule has 2 heterocycles. The van der Waals surface area contributed by atoms with Crippen LogP contribution in [0.1, 0.15) is 22.8 Å². The summed E-state index contributed by atoms with van der Waals surface area (Å²) in [5.41, 5.74) is 2.38. The zero-order chi connectivity index (χ0) is 21.5. The first-order chi connectivity index (χ1) is 14.3. The van der Waals surface area contributed by atoms with Crippen LogP contribution in [-0.2, 0) is 16.6 Å². The summed E-state index contributed by atoms with van der Waals surface area (Å²) in [6.07, 6.45) is 0. The van der Waals surface area contributed by atoms with Crippen molar-refractivity contribution in [3.05, 3.63) is 63.3 Å². The summed E-state index contributed by atoms with van der Waals surface area (Å²) in [4.78, 5) is 26.5. The van der Waals surface area contributed by atoms with E-state index in [4.69, 9.17) is 0 Å². The molecule has 9 heteroatoms. The van der Waals surface area contributed by atoms with Gasteiger partial charge in [-0.15, -0.1) is 0 Å². The fourth-order valence-corrected chi connectivity index (χ4v) is 6.27. The van der Waals surface area contributed by atoms with Gasteiger partial charge in [0, 0.05) is 38.3 Å². The van der Waals surface area contributed by atoms with Gasteiger partial charge in [0.25, 0.3) is 5.91 Å². The van der Waals surface area contributed by atoms with Gasteiger partial charge < -0.3 is 4.90 Å². The molecule has 0 unspecified atom stereocenters. The second-order valence-electron chi connectivity index (χ2n) is 7.31. The molecule has 0 N–H and O–H groups in total. The molecule has 0 bridgehead atoms. The number of carbonyl (C=O) groups is 1. The highest BCUT2D eigenvalue weighted by molar-refractivity contribution is 7.89. The third-order valence-corrected chi connectivity index (χ3v) is 8.22. The number of aryl methyl sites for hydroxylation is 2. The summed E-state index contributed by atoms with van der Waals surface area (Å²) in [6.45, 7) is 5.52. The molecule has 3 aromatic rings. The molecule has 2 aromatic carbocycles. The SMILES string of the molecule is CCn1c(=O)sc2cc(S(=O)(=O)N3CCN(C(=O)c4cccc(C)c4)CC3)ccc21. The molecular formula is C21H23N3O4S2. The highest BCUT2D eigenvalue weighted by Gasteiger charge is 2.30. The van der Waals surface area contributed by atoms with E-state index in [2.05, 4.69) is 0 Å².